The molecule has 1 aromatic heterocycles. The second-order valence-electron chi connectivity index (χ2n) is 5.10. The van der Waals surface area contributed by atoms with Crippen LogP contribution in [-0.2, 0) is 9.53 Å². The third kappa shape index (κ3) is 7.92. The summed E-state index contributed by atoms with van der Waals surface area (Å²) in [6.45, 7) is 0.360. The number of aromatic nitrogens is 1. The van der Waals surface area contributed by atoms with Crippen LogP contribution < -0.4 is 4.74 Å². The van der Waals surface area contributed by atoms with Gasteiger partial charge in [-0.25, -0.2) is 14.8 Å². The van der Waals surface area contributed by atoms with E-state index >= 15 is 0 Å². The molecule has 0 saturated carbocycles. The number of carboxylic acids is 1. The van der Waals surface area contributed by atoms with Gasteiger partial charge in [0.15, 0.2) is 12.1 Å². The van der Waals surface area contributed by atoms with E-state index in [1.807, 2.05) is 48.6 Å². The molecule has 0 aliphatic carbocycles. The summed E-state index contributed by atoms with van der Waals surface area (Å²) in [6.07, 6.45) is 24.4. The molecule has 0 aromatic carbocycles. The largest absolute Gasteiger partial charge is 0.479 e. The summed E-state index contributed by atoms with van der Waals surface area (Å²) in [7, 11) is 0. The molecule has 28 heavy (non-hydrogen) atoms. The van der Waals surface area contributed by atoms with Crippen LogP contribution in [0.2, 0.25) is 0 Å². The number of carboxylic acid groups (broad SMARTS) is 1. The van der Waals surface area contributed by atoms with Crippen molar-refractivity contribution in [3.8, 4) is 5.75 Å². The molecule has 0 amide bonds. The van der Waals surface area contributed by atoms with Crippen molar-refractivity contribution in [1.29, 1.82) is 0 Å². The smallest absolute Gasteiger partial charge is 0.354 e. The fourth-order valence-corrected chi connectivity index (χ4v) is 1.85. The standard InChI is InChI=1S/C21H19N3O4/c25-21(26)19-10-15-28-20-9-11-22-16-18(20)8-6-4-2-1-3-5-7-14-27-17-23-12-13-24-19/h1-13,15-17H,14H2,(H,25,26)/b3-1-,4-2-,7-5-,8-6-,13-12-,15-10?,23-17?,24-19?. The molecule has 0 unspecified atom stereocenters. The van der Waals surface area contributed by atoms with Gasteiger partial charge >= 0.3 is 5.97 Å². The van der Waals surface area contributed by atoms with Crippen LogP contribution in [0.3, 0.4) is 0 Å². The first kappa shape index (κ1) is 20.3. The van der Waals surface area contributed by atoms with Crippen LogP contribution in [0.15, 0.2) is 95.7 Å². The Bertz CT molecular complexity index is 891. The highest BCUT2D eigenvalue weighted by Gasteiger charge is 2.04. The molecule has 1 aromatic rings. The first-order valence-electron chi connectivity index (χ1n) is 8.30. The van der Waals surface area contributed by atoms with Gasteiger partial charge in [0.2, 0.25) is 0 Å². The van der Waals surface area contributed by atoms with Gasteiger partial charge in [-0.15, -0.1) is 0 Å². The Hall–Kier alpha value is -4.00. The first-order valence-corrected chi connectivity index (χ1v) is 8.30. The number of ether oxygens (including phenoxy) is 2. The Morgan fingerprint density at radius 2 is 1.86 bits per heavy atom. The fraction of sp³-hybridized carbons (Fsp3) is 0.0476. The van der Waals surface area contributed by atoms with Crippen molar-refractivity contribution < 1.29 is 19.4 Å². The Balaban J connectivity index is 2.25. The second kappa shape index (κ2) is 12.4. The van der Waals surface area contributed by atoms with Crippen LogP contribution in [0.5, 0.6) is 5.75 Å². The van der Waals surface area contributed by atoms with E-state index < -0.39 is 5.97 Å². The quantitative estimate of drug-likeness (QED) is 0.805. The Morgan fingerprint density at radius 3 is 2.71 bits per heavy atom. The number of hydrogen-bond acceptors (Lipinski definition) is 6. The molecule has 0 spiro atoms. The lowest BCUT2D eigenvalue weighted by Gasteiger charge is -2.03. The number of rotatable bonds is 1. The van der Waals surface area contributed by atoms with Gasteiger partial charge in [0, 0.05) is 36.4 Å². The summed E-state index contributed by atoms with van der Waals surface area (Å²) in [4.78, 5) is 23.0. The molecular weight excluding hydrogens is 358 g/mol. The van der Waals surface area contributed by atoms with Crippen LogP contribution >= 0.6 is 0 Å². The highest BCUT2D eigenvalue weighted by Crippen LogP contribution is 2.18. The van der Waals surface area contributed by atoms with E-state index in [2.05, 4.69) is 15.0 Å². The van der Waals surface area contributed by atoms with Crippen molar-refractivity contribution in [1.82, 2.24) is 4.98 Å². The highest BCUT2D eigenvalue weighted by molar-refractivity contribution is 6.40. The second-order valence-corrected chi connectivity index (χ2v) is 5.10. The van der Waals surface area contributed by atoms with Gasteiger partial charge in [0.25, 0.3) is 0 Å². The number of pyridine rings is 1. The number of hydrogen-bond donors (Lipinski definition) is 1. The maximum atomic E-state index is 11.3. The zero-order valence-electron chi connectivity index (χ0n) is 15.0. The van der Waals surface area contributed by atoms with Crippen LogP contribution in [-0.4, -0.2) is 34.8 Å². The lowest BCUT2D eigenvalue weighted by atomic mass is 10.2. The molecular formula is C21H19N3O4. The summed E-state index contributed by atoms with van der Waals surface area (Å²) in [5, 5.41) is 9.20. The van der Waals surface area contributed by atoms with E-state index in [1.165, 1.54) is 31.1 Å². The average molecular weight is 377 g/mol. The summed E-state index contributed by atoms with van der Waals surface area (Å²) in [5.74, 6) is -0.664. The molecule has 0 atom stereocenters. The molecule has 7 nitrogen and oxygen atoms in total. The van der Waals surface area contributed by atoms with Crippen molar-refractivity contribution in [2.24, 2.45) is 9.98 Å². The predicted molar refractivity (Wildman–Crippen MR) is 109 cm³/mol. The molecule has 0 saturated heterocycles. The number of carbonyl (C=O) groups is 1. The van der Waals surface area contributed by atoms with E-state index in [9.17, 15) is 9.90 Å². The normalized spacial score (nSPS) is 20.8. The number of allylic oxidation sites excluding steroid dienone is 6. The highest BCUT2D eigenvalue weighted by atomic mass is 16.5. The third-order valence-corrected chi connectivity index (χ3v) is 3.11. The lowest BCUT2D eigenvalue weighted by Crippen LogP contribution is -2.09. The van der Waals surface area contributed by atoms with Gasteiger partial charge in [0.05, 0.1) is 6.26 Å². The van der Waals surface area contributed by atoms with Gasteiger partial charge < -0.3 is 14.6 Å². The molecule has 1 aliphatic rings. The monoisotopic (exact) mass is 377 g/mol. The van der Waals surface area contributed by atoms with Crippen LogP contribution in [0.4, 0.5) is 0 Å². The fourth-order valence-electron chi connectivity index (χ4n) is 1.85. The molecule has 1 N–H and O–H groups in total. The van der Waals surface area contributed by atoms with Crippen molar-refractivity contribution in [2.45, 2.75) is 0 Å². The van der Waals surface area contributed by atoms with Crippen molar-refractivity contribution in [2.75, 3.05) is 6.61 Å². The van der Waals surface area contributed by atoms with E-state index in [0.29, 0.717) is 12.4 Å². The van der Waals surface area contributed by atoms with Crippen LogP contribution in [0, 0.1) is 0 Å². The van der Waals surface area contributed by atoms with Crippen LogP contribution in [0.1, 0.15) is 5.56 Å². The van der Waals surface area contributed by atoms with Gasteiger partial charge in [-0.05, 0) is 18.2 Å². The maximum absolute atomic E-state index is 11.3. The minimum atomic E-state index is -1.19. The minimum Gasteiger partial charge on any atom is -0.479 e. The number of fused-ring (bicyclic) bond motifs is 1. The number of aliphatic carboxylic acids is 1. The Labute approximate surface area is 162 Å². The zero-order chi connectivity index (χ0) is 19.9. The van der Waals surface area contributed by atoms with Crippen molar-refractivity contribution in [3.05, 3.63) is 91.3 Å². The van der Waals surface area contributed by atoms with Crippen LogP contribution in [0.25, 0.3) is 6.08 Å². The predicted octanol–water partition coefficient (Wildman–Crippen LogP) is 3.71. The summed E-state index contributed by atoms with van der Waals surface area (Å²) in [6, 6.07) is 1.68. The van der Waals surface area contributed by atoms with Crippen molar-refractivity contribution >= 4 is 24.2 Å². The van der Waals surface area contributed by atoms with Crippen molar-refractivity contribution in [3.63, 3.8) is 0 Å². The molecule has 7 heteroatoms. The zero-order valence-corrected chi connectivity index (χ0v) is 15.0. The lowest BCUT2D eigenvalue weighted by molar-refractivity contribution is -0.129. The summed E-state index contributed by atoms with van der Waals surface area (Å²) in [5.41, 5.74) is 0.535. The molecule has 0 radical (unpaired) electrons. The Morgan fingerprint density at radius 1 is 1.04 bits per heavy atom. The first-order chi connectivity index (χ1) is 13.8. The topological polar surface area (TPSA) is 93.4 Å². The number of nitrogens with zero attached hydrogens (tertiary/aromatic N) is 3. The van der Waals surface area contributed by atoms with Gasteiger partial charge in [-0.3, -0.25) is 4.98 Å². The SMILES string of the molecule is O=C(O)C1=N/C=C\N=COC\C=C/C=C\C=C/C=C\c2cnccc2OC=C1. The van der Waals surface area contributed by atoms with Gasteiger partial charge in [-0.2, -0.15) is 0 Å². The van der Waals surface area contributed by atoms with Gasteiger partial charge in [0.1, 0.15) is 12.4 Å². The minimum absolute atomic E-state index is 0.207. The third-order valence-electron chi connectivity index (χ3n) is 3.11. The summed E-state index contributed by atoms with van der Waals surface area (Å²) >= 11 is 0. The maximum Gasteiger partial charge on any atom is 0.354 e. The molecule has 2 rings (SSSR count). The van der Waals surface area contributed by atoms with E-state index in [0.717, 1.165) is 5.56 Å². The summed E-state index contributed by atoms with van der Waals surface area (Å²) < 4.78 is 10.7. The van der Waals surface area contributed by atoms with E-state index in [4.69, 9.17) is 9.47 Å². The van der Waals surface area contributed by atoms with E-state index in [-0.39, 0.29) is 5.71 Å². The molecule has 1 aliphatic heterocycles. The number of aliphatic imine (C=N–C) groups is 2. The molecule has 2 heterocycles. The molecule has 142 valence electrons. The Kier molecular flexibility index (Phi) is 8.97. The van der Waals surface area contributed by atoms with Gasteiger partial charge in [-0.1, -0.05) is 36.5 Å². The molecule has 0 bridgehead atoms. The molecule has 0 fully saturated rings. The van der Waals surface area contributed by atoms with E-state index in [1.54, 1.807) is 18.5 Å². The average Bonchev–Trinajstić information content (AvgIpc) is 2.69.